The van der Waals surface area contributed by atoms with E-state index in [0.29, 0.717) is 13.0 Å². The molecule has 2 aromatic rings. The summed E-state index contributed by atoms with van der Waals surface area (Å²) in [4.78, 5) is 14.1. The highest BCUT2D eigenvalue weighted by Crippen LogP contribution is 2.15. The van der Waals surface area contributed by atoms with Gasteiger partial charge in [0, 0.05) is 20.0 Å². The molecular formula is C13H17N5O. The average molecular weight is 259 g/mol. The van der Waals surface area contributed by atoms with Crippen molar-refractivity contribution in [2.75, 3.05) is 13.6 Å². The predicted octanol–water partition coefficient (Wildman–Crippen LogP) is 0.935. The summed E-state index contributed by atoms with van der Waals surface area (Å²) in [5.41, 5.74) is 1.08. The van der Waals surface area contributed by atoms with E-state index < -0.39 is 6.04 Å². The molecule has 1 atom stereocenters. The zero-order chi connectivity index (χ0) is 13.7. The first-order valence-corrected chi connectivity index (χ1v) is 6.23. The van der Waals surface area contributed by atoms with Crippen molar-refractivity contribution in [1.29, 1.82) is 0 Å². The largest absolute Gasteiger partial charge is 0.344 e. The second-order valence-electron chi connectivity index (χ2n) is 4.35. The number of rotatable bonds is 5. The van der Waals surface area contributed by atoms with Crippen LogP contribution < -0.4 is 0 Å². The molecule has 0 saturated heterocycles. The smallest absolute Gasteiger partial charge is 0.247 e. The summed E-state index contributed by atoms with van der Waals surface area (Å²) in [5.74, 6) is 0.0126. The number of aromatic nitrogens is 4. The van der Waals surface area contributed by atoms with Crippen LogP contribution in [0.1, 0.15) is 18.5 Å². The fourth-order valence-corrected chi connectivity index (χ4v) is 1.85. The topological polar surface area (TPSA) is 63.9 Å². The Morgan fingerprint density at radius 3 is 2.68 bits per heavy atom. The highest BCUT2D eigenvalue weighted by molar-refractivity contribution is 5.80. The molecule has 1 aromatic heterocycles. The molecule has 0 saturated carbocycles. The Kier molecular flexibility index (Phi) is 4.22. The lowest BCUT2D eigenvalue weighted by Gasteiger charge is -2.22. The number of carbonyl (C=O) groups is 1. The van der Waals surface area contributed by atoms with Crippen LogP contribution in [0.25, 0.3) is 0 Å². The molecule has 1 amide bonds. The van der Waals surface area contributed by atoms with Crippen LogP contribution in [0.2, 0.25) is 0 Å². The van der Waals surface area contributed by atoms with Crippen LogP contribution in [-0.4, -0.2) is 44.6 Å². The molecule has 0 aliphatic rings. The van der Waals surface area contributed by atoms with Crippen molar-refractivity contribution < 1.29 is 4.79 Å². The van der Waals surface area contributed by atoms with Crippen LogP contribution in [0.4, 0.5) is 0 Å². The quantitative estimate of drug-likeness (QED) is 0.801. The van der Waals surface area contributed by atoms with Gasteiger partial charge in [0.2, 0.25) is 5.91 Å². The number of likely N-dealkylation sites (N-methyl/N-ethyl adjacent to an activating group) is 1. The summed E-state index contributed by atoms with van der Waals surface area (Å²) in [6.07, 6.45) is 2.06. The minimum absolute atomic E-state index is 0.0126. The van der Waals surface area contributed by atoms with Crippen LogP contribution in [-0.2, 0) is 11.2 Å². The van der Waals surface area contributed by atoms with Crippen molar-refractivity contribution >= 4 is 5.91 Å². The van der Waals surface area contributed by atoms with Crippen molar-refractivity contribution in [2.45, 2.75) is 19.4 Å². The zero-order valence-electron chi connectivity index (χ0n) is 11.1. The molecule has 6 heteroatoms. The maximum atomic E-state index is 12.4. The van der Waals surface area contributed by atoms with E-state index in [4.69, 9.17) is 0 Å². The van der Waals surface area contributed by atoms with Crippen LogP contribution in [0.3, 0.4) is 0 Å². The fraction of sp³-hybridized carbons (Fsp3) is 0.385. The first-order chi connectivity index (χ1) is 9.22. The molecule has 0 aliphatic carbocycles. The molecule has 0 N–H and O–H groups in total. The van der Waals surface area contributed by atoms with Crippen molar-refractivity contribution in [2.24, 2.45) is 0 Å². The molecule has 1 aromatic carbocycles. The summed E-state index contributed by atoms with van der Waals surface area (Å²) in [6.45, 7) is 2.60. The Labute approximate surface area is 112 Å². The Balaban J connectivity index is 2.23. The number of carbonyl (C=O) groups excluding carboxylic acids is 1. The van der Waals surface area contributed by atoms with E-state index in [1.165, 1.54) is 11.0 Å². The van der Waals surface area contributed by atoms with Gasteiger partial charge in [-0.25, -0.2) is 4.68 Å². The van der Waals surface area contributed by atoms with Gasteiger partial charge in [-0.1, -0.05) is 30.3 Å². The van der Waals surface area contributed by atoms with E-state index in [2.05, 4.69) is 15.5 Å². The number of benzene rings is 1. The van der Waals surface area contributed by atoms with E-state index in [1.54, 1.807) is 11.9 Å². The first-order valence-electron chi connectivity index (χ1n) is 6.23. The van der Waals surface area contributed by atoms with Gasteiger partial charge in [-0.2, -0.15) is 0 Å². The molecule has 1 unspecified atom stereocenters. The number of tetrazole rings is 1. The molecule has 0 spiro atoms. The summed E-state index contributed by atoms with van der Waals surface area (Å²) < 4.78 is 1.52. The van der Waals surface area contributed by atoms with Crippen molar-refractivity contribution in [1.82, 2.24) is 25.1 Å². The Morgan fingerprint density at radius 2 is 2.11 bits per heavy atom. The molecule has 19 heavy (non-hydrogen) atoms. The second kappa shape index (κ2) is 6.08. The van der Waals surface area contributed by atoms with Gasteiger partial charge >= 0.3 is 0 Å². The zero-order valence-corrected chi connectivity index (χ0v) is 11.1. The molecule has 0 bridgehead atoms. The fourth-order valence-electron chi connectivity index (χ4n) is 1.85. The monoisotopic (exact) mass is 259 g/mol. The minimum Gasteiger partial charge on any atom is -0.344 e. The Hall–Kier alpha value is -2.24. The minimum atomic E-state index is -0.401. The van der Waals surface area contributed by atoms with E-state index in [0.717, 1.165) is 5.56 Å². The van der Waals surface area contributed by atoms with Gasteiger partial charge in [-0.15, -0.1) is 5.10 Å². The third-order valence-corrected chi connectivity index (χ3v) is 3.09. The maximum absolute atomic E-state index is 12.4. The van der Waals surface area contributed by atoms with E-state index in [-0.39, 0.29) is 5.91 Å². The highest BCUT2D eigenvalue weighted by atomic mass is 16.2. The maximum Gasteiger partial charge on any atom is 0.247 e. The highest BCUT2D eigenvalue weighted by Gasteiger charge is 2.24. The van der Waals surface area contributed by atoms with Crippen molar-refractivity contribution in [3.63, 3.8) is 0 Å². The van der Waals surface area contributed by atoms with Crippen molar-refractivity contribution in [3.8, 4) is 0 Å². The lowest BCUT2D eigenvalue weighted by Crippen LogP contribution is -2.35. The van der Waals surface area contributed by atoms with Crippen LogP contribution in [0.5, 0.6) is 0 Å². The third kappa shape index (κ3) is 3.15. The van der Waals surface area contributed by atoms with Gasteiger partial charge in [0.05, 0.1) is 0 Å². The number of nitrogens with zero attached hydrogens (tertiary/aromatic N) is 5. The molecule has 2 rings (SSSR count). The lowest BCUT2D eigenvalue weighted by atomic mass is 10.1. The Bertz CT molecular complexity index is 511. The summed E-state index contributed by atoms with van der Waals surface area (Å²) in [5, 5.41) is 11.1. The number of amides is 1. The lowest BCUT2D eigenvalue weighted by molar-refractivity contribution is -0.133. The second-order valence-corrected chi connectivity index (χ2v) is 4.35. The normalized spacial score (nSPS) is 12.1. The van der Waals surface area contributed by atoms with Gasteiger partial charge in [0.15, 0.2) is 0 Å². The molecule has 100 valence electrons. The number of hydrogen-bond donors (Lipinski definition) is 0. The van der Waals surface area contributed by atoms with E-state index >= 15 is 0 Å². The molecule has 0 radical (unpaired) electrons. The third-order valence-electron chi connectivity index (χ3n) is 3.09. The van der Waals surface area contributed by atoms with E-state index in [1.807, 2.05) is 37.3 Å². The van der Waals surface area contributed by atoms with Crippen molar-refractivity contribution in [3.05, 3.63) is 42.2 Å². The Morgan fingerprint density at radius 1 is 1.37 bits per heavy atom. The summed E-state index contributed by atoms with van der Waals surface area (Å²) in [7, 11) is 1.78. The van der Waals surface area contributed by atoms with Gasteiger partial charge in [0.1, 0.15) is 12.4 Å². The van der Waals surface area contributed by atoms with Gasteiger partial charge < -0.3 is 4.90 Å². The predicted molar refractivity (Wildman–Crippen MR) is 70.3 cm³/mol. The average Bonchev–Trinajstić information content (AvgIpc) is 2.98. The summed E-state index contributed by atoms with van der Waals surface area (Å²) in [6, 6.07) is 9.46. The molecule has 0 aliphatic heterocycles. The van der Waals surface area contributed by atoms with Gasteiger partial charge in [-0.3, -0.25) is 4.79 Å². The van der Waals surface area contributed by atoms with Gasteiger partial charge in [-0.05, 0) is 22.9 Å². The van der Waals surface area contributed by atoms with E-state index in [9.17, 15) is 4.79 Å². The first kappa shape index (κ1) is 13.2. The molecule has 6 nitrogen and oxygen atoms in total. The van der Waals surface area contributed by atoms with Crippen LogP contribution >= 0.6 is 0 Å². The molecular weight excluding hydrogens is 242 g/mol. The molecule has 1 heterocycles. The standard InChI is InChI=1S/C13H17N5O/c1-3-17(2)13(19)12(18-10-14-15-16-18)9-11-7-5-4-6-8-11/h4-8,10,12H,3,9H2,1-2H3. The summed E-state index contributed by atoms with van der Waals surface area (Å²) >= 11 is 0. The number of hydrogen-bond acceptors (Lipinski definition) is 4. The van der Waals surface area contributed by atoms with Gasteiger partial charge in [0.25, 0.3) is 0 Å². The molecule has 0 fully saturated rings. The van der Waals surface area contributed by atoms with Crippen LogP contribution in [0.15, 0.2) is 36.7 Å². The van der Waals surface area contributed by atoms with Crippen LogP contribution in [0, 0.1) is 0 Å². The SMILES string of the molecule is CCN(C)C(=O)C(Cc1ccccc1)n1cnnn1.